The molecule has 0 radical (unpaired) electrons. The van der Waals surface area contributed by atoms with Crippen LogP contribution in [0.5, 0.6) is 0 Å². The Hall–Kier alpha value is -1.36. The standard InChI is InChI=1S/C9H14O4Si/c1-3-7(10)12-9(5-6-14)13-8(11)4-2/h3-4,9H,1-2,5-6H2,14H3. The maximum atomic E-state index is 10.8. The zero-order chi connectivity index (χ0) is 11.0. The third-order valence-electron chi connectivity index (χ3n) is 1.35. The Morgan fingerprint density at radius 1 is 1.21 bits per heavy atom. The lowest BCUT2D eigenvalue weighted by molar-refractivity contribution is -0.181. The normalized spacial score (nSPS) is 9.50. The Morgan fingerprint density at radius 2 is 1.64 bits per heavy atom. The lowest BCUT2D eigenvalue weighted by Gasteiger charge is -2.15. The Bertz CT molecular complexity index is 215. The van der Waals surface area contributed by atoms with Gasteiger partial charge in [0.05, 0.1) is 0 Å². The number of ether oxygens (including phenoxy) is 2. The topological polar surface area (TPSA) is 52.6 Å². The van der Waals surface area contributed by atoms with Crippen molar-refractivity contribution in [3.8, 4) is 0 Å². The second-order valence-corrected chi connectivity index (χ2v) is 3.50. The predicted octanol–water partition coefficient (Wildman–Crippen LogP) is -0.0553. The molecule has 0 aromatic rings. The van der Waals surface area contributed by atoms with E-state index in [4.69, 9.17) is 9.47 Å². The summed E-state index contributed by atoms with van der Waals surface area (Å²) < 4.78 is 9.57. The van der Waals surface area contributed by atoms with Crippen LogP contribution in [0.25, 0.3) is 0 Å². The van der Waals surface area contributed by atoms with Gasteiger partial charge in [0.2, 0.25) is 6.29 Å². The smallest absolute Gasteiger partial charge is 0.333 e. The fourth-order valence-electron chi connectivity index (χ4n) is 0.733. The van der Waals surface area contributed by atoms with Crippen LogP contribution in [0.2, 0.25) is 6.04 Å². The van der Waals surface area contributed by atoms with Crippen LogP contribution in [0.1, 0.15) is 6.42 Å². The lowest BCUT2D eigenvalue weighted by Crippen LogP contribution is -2.22. The van der Waals surface area contributed by atoms with Crippen LogP contribution in [-0.2, 0) is 19.1 Å². The summed E-state index contributed by atoms with van der Waals surface area (Å²) >= 11 is 0. The van der Waals surface area contributed by atoms with E-state index in [1.807, 2.05) is 0 Å². The molecule has 0 saturated carbocycles. The van der Waals surface area contributed by atoms with E-state index in [-0.39, 0.29) is 0 Å². The van der Waals surface area contributed by atoms with E-state index in [0.717, 1.165) is 28.4 Å². The van der Waals surface area contributed by atoms with Crippen molar-refractivity contribution >= 4 is 22.2 Å². The molecular formula is C9H14O4Si. The minimum absolute atomic E-state index is 0.519. The fourth-order valence-corrected chi connectivity index (χ4v) is 1.20. The first-order valence-corrected chi connectivity index (χ1v) is 5.71. The number of hydrogen-bond donors (Lipinski definition) is 0. The molecule has 0 amide bonds. The Balaban J connectivity index is 4.13. The molecule has 0 aliphatic heterocycles. The van der Waals surface area contributed by atoms with Crippen molar-refractivity contribution in [2.45, 2.75) is 18.8 Å². The molecule has 5 heteroatoms. The summed E-state index contributed by atoms with van der Waals surface area (Å²) in [6.45, 7) is 6.49. The SMILES string of the molecule is C=CC(=O)OC(CC[SiH3])OC(=O)C=C. The van der Waals surface area contributed by atoms with E-state index >= 15 is 0 Å². The summed E-state index contributed by atoms with van der Waals surface area (Å²) in [5.41, 5.74) is 0. The molecule has 0 spiro atoms. The first-order valence-electron chi connectivity index (χ1n) is 4.30. The maximum Gasteiger partial charge on any atom is 0.333 e. The largest absolute Gasteiger partial charge is 0.422 e. The van der Waals surface area contributed by atoms with Gasteiger partial charge in [-0.15, -0.1) is 0 Å². The molecule has 78 valence electrons. The van der Waals surface area contributed by atoms with Crippen molar-refractivity contribution in [3.63, 3.8) is 0 Å². The van der Waals surface area contributed by atoms with E-state index in [0.29, 0.717) is 6.42 Å². The third kappa shape index (κ3) is 5.31. The summed E-state index contributed by atoms with van der Waals surface area (Å²) in [6, 6.07) is 0.875. The van der Waals surface area contributed by atoms with Gasteiger partial charge in [-0.3, -0.25) is 0 Å². The summed E-state index contributed by atoms with van der Waals surface area (Å²) in [7, 11) is 0.956. The zero-order valence-corrected chi connectivity index (χ0v) is 10.2. The highest BCUT2D eigenvalue weighted by molar-refractivity contribution is 6.08. The van der Waals surface area contributed by atoms with Gasteiger partial charge in [0.25, 0.3) is 0 Å². The quantitative estimate of drug-likeness (QED) is 0.269. The molecule has 0 bridgehead atoms. The number of hydrogen-bond acceptors (Lipinski definition) is 4. The van der Waals surface area contributed by atoms with Crippen molar-refractivity contribution in [1.82, 2.24) is 0 Å². The summed E-state index contributed by atoms with van der Waals surface area (Å²) in [4.78, 5) is 21.6. The van der Waals surface area contributed by atoms with Gasteiger partial charge in [-0.05, 0) is 0 Å². The van der Waals surface area contributed by atoms with Gasteiger partial charge >= 0.3 is 11.9 Å². The molecule has 0 fully saturated rings. The van der Waals surface area contributed by atoms with Crippen molar-refractivity contribution in [2.24, 2.45) is 0 Å². The molecule has 14 heavy (non-hydrogen) atoms. The van der Waals surface area contributed by atoms with Crippen molar-refractivity contribution in [2.75, 3.05) is 0 Å². The van der Waals surface area contributed by atoms with Gasteiger partial charge in [0, 0.05) is 28.8 Å². The van der Waals surface area contributed by atoms with Gasteiger partial charge < -0.3 is 9.47 Å². The summed E-state index contributed by atoms with van der Waals surface area (Å²) in [5, 5.41) is 0. The van der Waals surface area contributed by atoms with Crippen LogP contribution in [0, 0.1) is 0 Å². The first kappa shape index (κ1) is 12.6. The van der Waals surface area contributed by atoms with Crippen LogP contribution in [0.15, 0.2) is 25.3 Å². The number of esters is 2. The van der Waals surface area contributed by atoms with Gasteiger partial charge in [-0.1, -0.05) is 19.2 Å². The van der Waals surface area contributed by atoms with Crippen LogP contribution >= 0.6 is 0 Å². The van der Waals surface area contributed by atoms with Gasteiger partial charge in [0.1, 0.15) is 0 Å². The van der Waals surface area contributed by atoms with Crippen LogP contribution in [-0.4, -0.2) is 28.5 Å². The Morgan fingerprint density at radius 3 is 1.93 bits per heavy atom. The number of carbonyl (C=O) groups excluding carboxylic acids is 2. The Labute approximate surface area is 86.0 Å². The van der Waals surface area contributed by atoms with Gasteiger partial charge in [-0.25, -0.2) is 9.59 Å². The number of rotatable bonds is 6. The van der Waals surface area contributed by atoms with Crippen molar-refractivity contribution < 1.29 is 19.1 Å². The van der Waals surface area contributed by atoms with Crippen molar-refractivity contribution in [3.05, 3.63) is 25.3 Å². The zero-order valence-electron chi connectivity index (χ0n) is 8.19. The second-order valence-electron chi connectivity index (χ2n) is 2.50. The molecule has 0 aromatic heterocycles. The average Bonchev–Trinajstić information content (AvgIpc) is 2.17. The van der Waals surface area contributed by atoms with E-state index in [1.165, 1.54) is 0 Å². The predicted molar refractivity (Wildman–Crippen MR) is 55.7 cm³/mol. The highest BCUT2D eigenvalue weighted by atomic mass is 28.1. The maximum absolute atomic E-state index is 10.8. The van der Waals surface area contributed by atoms with Crippen LogP contribution in [0.4, 0.5) is 0 Å². The van der Waals surface area contributed by atoms with Crippen LogP contribution < -0.4 is 0 Å². The molecule has 0 atom stereocenters. The fraction of sp³-hybridized carbons (Fsp3) is 0.333. The van der Waals surface area contributed by atoms with E-state index in [9.17, 15) is 9.59 Å². The molecule has 4 nitrogen and oxygen atoms in total. The number of carbonyl (C=O) groups is 2. The third-order valence-corrected chi connectivity index (χ3v) is 1.93. The van der Waals surface area contributed by atoms with E-state index < -0.39 is 18.2 Å². The second kappa shape index (κ2) is 7.08. The van der Waals surface area contributed by atoms with Gasteiger partial charge in [0.15, 0.2) is 0 Å². The van der Waals surface area contributed by atoms with E-state index in [2.05, 4.69) is 13.2 Å². The Kier molecular flexibility index (Phi) is 6.39. The molecule has 0 aromatic carbocycles. The molecule has 0 saturated heterocycles. The highest BCUT2D eigenvalue weighted by Crippen LogP contribution is 2.05. The summed E-state index contributed by atoms with van der Waals surface area (Å²) in [5.74, 6) is -1.19. The van der Waals surface area contributed by atoms with Crippen LogP contribution in [0.3, 0.4) is 0 Å². The monoisotopic (exact) mass is 214 g/mol. The molecular weight excluding hydrogens is 200 g/mol. The minimum atomic E-state index is -0.816. The molecule has 0 rings (SSSR count). The molecule has 0 N–H and O–H groups in total. The molecule has 0 aliphatic carbocycles. The van der Waals surface area contributed by atoms with Gasteiger partial charge in [-0.2, -0.15) is 0 Å². The molecule has 0 heterocycles. The van der Waals surface area contributed by atoms with E-state index in [1.54, 1.807) is 0 Å². The lowest BCUT2D eigenvalue weighted by atomic mass is 10.4. The average molecular weight is 214 g/mol. The molecule has 0 unspecified atom stereocenters. The minimum Gasteiger partial charge on any atom is -0.422 e. The summed E-state index contributed by atoms with van der Waals surface area (Å²) in [6.07, 6.45) is 1.76. The highest BCUT2D eigenvalue weighted by Gasteiger charge is 2.14. The van der Waals surface area contributed by atoms with Crippen molar-refractivity contribution in [1.29, 1.82) is 0 Å². The first-order chi connectivity index (χ1) is 6.63. The molecule has 0 aliphatic rings.